The number of hydrogen-bond acceptors (Lipinski definition) is 3. The molecule has 0 atom stereocenters. The van der Waals surface area contributed by atoms with E-state index in [2.05, 4.69) is 4.74 Å². The van der Waals surface area contributed by atoms with E-state index in [1.807, 2.05) is 20.8 Å². The summed E-state index contributed by atoms with van der Waals surface area (Å²) < 4.78 is 23.5. The Morgan fingerprint density at radius 2 is 2.00 bits per heavy atom. The van der Waals surface area contributed by atoms with Crippen LogP contribution in [0.2, 0.25) is 0 Å². The highest BCUT2D eigenvalue weighted by atomic mass is 19.1. The predicted molar refractivity (Wildman–Crippen MR) is 62.3 cm³/mol. The molecular formula is C13H17FO3. The zero-order valence-corrected chi connectivity index (χ0v) is 10.5. The lowest BCUT2D eigenvalue weighted by Gasteiger charge is -2.19. The van der Waals surface area contributed by atoms with Crippen LogP contribution in [0.3, 0.4) is 0 Å². The second kappa shape index (κ2) is 5.27. The number of halogens is 1. The van der Waals surface area contributed by atoms with Crippen LogP contribution in [0.1, 0.15) is 36.7 Å². The molecule has 0 fully saturated rings. The van der Waals surface area contributed by atoms with Gasteiger partial charge >= 0.3 is 5.97 Å². The largest absolute Gasteiger partial charge is 0.465 e. The van der Waals surface area contributed by atoms with E-state index in [1.54, 1.807) is 0 Å². The number of carbonyl (C=O) groups excluding carboxylic acids is 1. The molecule has 1 aromatic carbocycles. The molecule has 0 N–H and O–H groups in total. The molecule has 0 saturated heterocycles. The lowest BCUT2D eigenvalue weighted by atomic mass is 10.1. The Kier molecular flexibility index (Phi) is 4.23. The molecule has 0 amide bonds. The fourth-order valence-corrected chi connectivity index (χ4v) is 1.22. The molecule has 3 nitrogen and oxygen atoms in total. The first-order valence-corrected chi connectivity index (χ1v) is 5.34. The normalized spacial score (nSPS) is 11.4. The van der Waals surface area contributed by atoms with Crippen LogP contribution in [-0.4, -0.2) is 18.7 Å². The molecule has 0 radical (unpaired) electrons. The first-order chi connectivity index (χ1) is 7.83. The highest BCUT2D eigenvalue weighted by molar-refractivity contribution is 5.89. The molecule has 0 unspecified atom stereocenters. The van der Waals surface area contributed by atoms with E-state index in [9.17, 15) is 9.18 Å². The Balaban J connectivity index is 2.87. The van der Waals surface area contributed by atoms with Gasteiger partial charge in [-0.05, 0) is 39.0 Å². The summed E-state index contributed by atoms with van der Waals surface area (Å²) in [5, 5.41) is 0. The van der Waals surface area contributed by atoms with Crippen LogP contribution < -0.4 is 0 Å². The van der Waals surface area contributed by atoms with Crippen molar-refractivity contribution >= 4 is 5.97 Å². The number of methoxy groups -OCH3 is 1. The van der Waals surface area contributed by atoms with Gasteiger partial charge in [-0.1, -0.05) is 0 Å². The molecule has 0 bridgehead atoms. The van der Waals surface area contributed by atoms with E-state index in [-0.39, 0.29) is 18.0 Å². The SMILES string of the molecule is COC(=O)c1ccc(F)c(COC(C)(C)C)c1. The number of rotatable bonds is 3. The van der Waals surface area contributed by atoms with Crippen molar-refractivity contribution in [2.24, 2.45) is 0 Å². The van der Waals surface area contributed by atoms with Crippen LogP contribution in [0.4, 0.5) is 4.39 Å². The van der Waals surface area contributed by atoms with Crippen molar-refractivity contribution in [1.82, 2.24) is 0 Å². The van der Waals surface area contributed by atoms with Crippen molar-refractivity contribution < 1.29 is 18.7 Å². The average molecular weight is 240 g/mol. The molecule has 17 heavy (non-hydrogen) atoms. The quantitative estimate of drug-likeness (QED) is 0.762. The lowest BCUT2D eigenvalue weighted by Crippen LogP contribution is -2.19. The van der Waals surface area contributed by atoms with Crippen molar-refractivity contribution in [1.29, 1.82) is 0 Å². The van der Waals surface area contributed by atoms with Crippen molar-refractivity contribution in [2.75, 3.05) is 7.11 Å². The van der Waals surface area contributed by atoms with Gasteiger partial charge in [0.2, 0.25) is 0 Å². The third-order valence-electron chi connectivity index (χ3n) is 2.13. The predicted octanol–water partition coefficient (Wildman–Crippen LogP) is 2.93. The molecule has 0 saturated carbocycles. The van der Waals surface area contributed by atoms with Crippen LogP contribution in [0.25, 0.3) is 0 Å². The summed E-state index contributed by atoms with van der Waals surface area (Å²) in [6.45, 7) is 5.78. The first-order valence-electron chi connectivity index (χ1n) is 5.34. The summed E-state index contributed by atoms with van der Waals surface area (Å²) in [7, 11) is 1.29. The van der Waals surface area contributed by atoms with E-state index in [0.29, 0.717) is 11.1 Å². The highest BCUT2D eigenvalue weighted by Crippen LogP contribution is 2.16. The van der Waals surface area contributed by atoms with Gasteiger partial charge in [0.05, 0.1) is 24.9 Å². The topological polar surface area (TPSA) is 35.5 Å². The minimum Gasteiger partial charge on any atom is -0.465 e. The Morgan fingerprint density at radius 1 is 1.35 bits per heavy atom. The number of benzene rings is 1. The van der Waals surface area contributed by atoms with Gasteiger partial charge in [0.15, 0.2) is 0 Å². The average Bonchev–Trinajstić information content (AvgIpc) is 2.26. The second-order valence-corrected chi connectivity index (χ2v) is 4.70. The number of hydrogen-bond donors (Lipinski definition) is 0. The summed E-state index contributed by atoms with van der Waals surface area (Å²) in [5.74, 6) is -0.871. The third kappa shape index (κ3) is 4.15. The van der Waals surface area contributed by atoms with Gasteiger partial charge in [-0.25, -0.2) is 9.18 Å². The smallest absolute Gasteiger partial charge is 0.337 e. The van der Waals surface area contributed by atoms with Gasteiger partial charge in [-0.3, -0.25) is 0 Å². The van der Waals surface area contributed by atoms with Crippen molar-refractivity contribution in [3.63, 3.8) is 0 Å². The molecule has 0 aromatic heterocycles. The van der Waals surface area contributed by atoms with Gasteiger partial charge in [0.25, 0.3) is 0 Å². The van der Waals surface area contributed by atoms with Crippen LogP contribution in [-0.2, 0) is 16.1 Å². The van der Waals surface area contributed by atoms with E-state index in [4.69, 9.17) is 4.74 Å². The van der Waals surface area contributed by atoms with E-state index in [0.717, 1.165) is 0 Å². The molecule has 0 spiro atoms. The maximum Gasteiger partial charge on any atom is 0.337 e. The van der Waals surface area contributed by atoms with Gasteiger partial charge in [0.1, 0.15) is 5.82 Å². The summed E-state index contributed by atoms with van der Waals surface area (Å²) in [6, 6.07) is 4.09. The molecule has 0 aliphatic carbocycles. The van der Waals surface area contributed by atoms with E-state index >= 15 is 0 Å². The Bertz CT molecular complexity index is 408. The van der Waals surface area contributed by atoms with Gasteiger partial charge in [0, 0.05) is 5.56 Å². The zero-order valence-electron chi connectivity index (χ0n) is 10.5. The molecule has 0 heterocycles. The number of ether oxygens (including phenoxy) is 2. The maximum absolute atomic E-state index is 13.5. The zero-order chi connectivity index (χ0) is 13.1. The van der Waals surface area contributed by atoms with Crippen molar-refractivity contribution in [3.8, 4) is 0 Å². The molecule has 94 valence electrons. The van der Waals surface area contributed by atoms with Crippen LogP contribution in [0.15, 0.2) is 18.2 Å². The molecule has 4 heteroatoms. The van der Waals surface area contributed by atoms with E-state index in [1.165, 1.54) is 25.3 Å². The Hall–Kier alpha value is -1.42. The highest BCUT2D eigenvalue weighted by Gasteiger charge is 2.14. The van der Waals surface area contributed by atoms with Gasteiger partial charge < -0.3 is 9.47 Å². The van der Waals surface area contributed by atoms with Crippen LogP contribution in [0.5, 0.6) is 0 Å². The fraction of sp³-hybridized carbons (Fsp3) is 0.462. The molecule has 0 aliphatic rings. The van der Waals surface area contributed by atoms with Crippen molar-refractivity contribution in [2.45, 2.75) is 33.0 Å². The summed E-state index contributed by atoms with van der Waals surface area (Å²) in [5.41, 5.74) is 0.317. The molecular weight excluding hydrogens is 223 g/mol. The maximum atomic E-state index is 13.5. The Morgan fingerprint density at radius 3 is 2.53 bits per heavy atom. The number of carbonyl (C=O) groups is 1. The monoisotopic (exact) mass is 240 g/mol. The summed E-state index contributed by atoms with van der Waals surface area (Å²) in [6.07, 6.45) is 0. The lowest BCUT2D eigenvalue weighted by molar-refractivity contribution is -0.0161. The molecule has 1 rings (SSSR count). The molecule has 0 aliphatic heterocycles. The van der Waals surface area contributed by atoms with Gasteiger partial charge in [-0.15, -0.1) is 0 Å². The van der Waals surface area contributed by atoms with Crippen LogP contribution in [0, 0.1) is 5.82 Å². The standard InChI is InChI=1S/C13H17FO3/c1-13(2,3)17-8-10-7-9(12(15)16-4)5-6-11(10)14/h5-7H,8H2,1-4H3. The first kappa shape index (κ1) is 13.6. The van der Waals surface area contributed by atoms with Crippen LogP contribution >= 0.6 is 0 Å². The minimum absolute atomic E-state index is 0.125. The number of esters is 1. The fourth-order valence-electron chi connectivity index (χ4n) is 1.22. The summed E-state index contributed by atoms with van der Waals surface area (Å²) in [4.78, 5) is 11.3. The minimum atomic E-state index is -0.484. The second-order valence-electron chi connectivity index (χ2n) is 4.70. The Labute approximate surface area is 101 Å². The van der Waals surface area contributed by atoms with Crippen molar-refractivity contribution in [3.05, 3.63) is 35.1 Å². The summed E-state index contributed by atoms with van der Waals surface area (Å²) >= 11 is 0. The van der Waals surface area contributed by atoms with Gasteiger partial charge in [-0.2, -0.15) is 0 Å². The third-order valence-corrected chi connectivity index (χ3v) is 2.13. The molecule has 1 aromatic rings. The van der Waals surface area contributed by atoms with E-state index < -0.39 is 5.97 Å².